The molecule has 5 heteroatoms. The van der Waals surface area contributed by atoms with Crippen molar-refractivity contribution in [2.24, 2.45) is 5.10 Å². The van der Waals surface area contributed by atoms with Crippen molar-refractivity contribution in [1.29, 1.82) is 0 Å². The van der Waals surface area contributed by atoms with E-state index in [9.17, 15) is 4.79 Å². The molecule has 2 aromatic rings. The van der Waals surface area contributed by atoms with Crippen LogP contribution in [0.1, 0.15) is 35.3 Å². The van der Waals surface area contributed by atoms with Crippen molar-refractivity contribution in [3.63, 3.8) is 0 Å². The fourth-order valence-corrected chi connectivity index (χ4v) is 3.71. The Labute approximate surface area is 154 Å². The minimum Gasteiger partial charge on any atom is -0.340 e. The average Bonchev–Trinajstić information content (AvgIpc) is 2.68. The van der Waals surface area contributed by atoms with Gasteiger partial charge in [-0.2, -0.15) is 5.10 Å². The molecule has 1 amide bonds. The van der Waals surface area contributed by atoms with Gasteiger partial charge in [0, 0.05) is 44.2 Å². The summed E-state index contributed by atoms with van der Waals surface area (Å²) < 4.78 is 0. The predicted octanol–water partition coefficient (Wildman–Crippen LogP) is 2.51. The lowest BCUT2D eigenvalue weighted by Crippen LogP contribution is -2.52. The van der Waals surface area contributed by atoms with Crippen molar-refractivity contribution in [3.05, 3.63) is 70.8 Å². The maximum atomic E-state index is 11.6. The van der Waals surface area contributed by atoms with Crippen LogP contribution < -0.4 is 5.43 Å². The van der Waals surface area contributed by atoms with Crippen molar-refractivity contribution in [3.8, 4) is 0 Å². The zero-order valence-electron chi connectivity index (χ0n) is 15.3. The van der Waals surface area contributed by atoms with Crippen LogP contribution in [0.3, 0.4) is 0 Å². The smallest absolute Gasteiger partial charge is 0.219 e. The highest BCUT2D eigenvalue weighted by atomic mass is 16.2. The van der Waals surface area contributed by atoms with Crippen molar-refractivity contribution in [2.45, 2.75) is 20.0 Å². The number of carbonyl (C=O) groups is 1. The van der Waals surface area contributed by atoms with Gasteiger partial charge in [0.25, 0.3) is 0 Å². The van der Waals surface area contributed by atoms with Crippen LogP contribution >= 0.6 is 0 Å². The number of amides is 1. The molecule has 0 spiro atoms. The molecule has 2 heterocycles. The van der Waals surface area contributed by atoms with Gasteiger partial charge in [-0.05, 0) is 12.5 Å². The standard InChI is InChI=1S/C21H24N4O/c1-15-7-9-17(10-8-15)20-18-5-3-4-6-19(18)21(23-22-20)25-13-11-24(12-14-25)16(2)26/h3-10,21,23H,11-14H2,1-2H3. The van der Waals surface area contributed by atoms with E-state index >= 15 is 0 Å². The van der Waals surface area contributed by atoms with E-state index < -0.39 is 0 Å². The van der Waals surface area contributed by atoms with Crippen LogP contribution in [0.2, 0.25) is 0 Å². The lowest BCUT2D eigenvalue weighted by atomic mass is 9.94. The highest BCUT2D eigenvalue weighted by molar-refractivity contribution is 6.14. The summed E-state index contributed by atoms with van der Waals surface area (Å²) in [4.78, 5) is 15.9. The number of piperazine rings is 1. The summed E-state index contributed by atoms with van der Waals surface area (Å²) in [7, 11) is 0. The molecule has 0 saturated carbocycles. The van der Waals surface area contributed by atoms with Crippen molar-refractivity contribution < 1.29 is 4.79 Å². The molecule has 1 saturated heterocycles. The van der Waals surface area contributed by atoms with E-state index in [1.54, 1.807) is 6.92 Å². The second kappa shape index (κ2) is 6.92. The summed E-state index contributed by atoms with van der Waals surface area (Å²) in [5, 5.41) is 4.73. The van der Waals surface area contributed by atoms with E-state index in [1.165, 1.54) is 16.7 Å². The predicted molar refractivity (Wildman–Crippen MR) is 103 cm³/mol. The Balaban J connectivity index is 1.61. The van der Waals surface area contributed by atoms with Gasteiger partial charge in [0.15, 0.2) is 0 Å². The number of nitrogens with zero attached hydrogens (tertiary/aromatic N) is 3. The van der Waals surface area contributed by atoms with Crippen molar-refractivity contribution in [2.75, 3.05) is 26.2 Å². The molecular weight excluding hydrogens is 324 g/mol. The molecule has 2 aliphatic rings. The fraction of sp³-hybridized carbons (Fsp3) is 0.333. The molecule has 2 aliphatic heterocycles. The number of hydrogen-bond acceptors (Lipinski definition) is 4. The SMILES string of the molecule is CC(=O)N1CCN(C2NN=C(c3ccc(C)cc3)c3ccccc32)CC1. The summed E-state index contributed by atoms with van der Waals surface area (Å²) >= 11 is 0. The van der Waals surface area contributed by atoms with Crippen LogP contribution in [0.25, 0.3) is 0 Å². The normalized spacial score (nSPS) is 20.2. The van der Waals surface area contributed by atoms with Gasteiger partial charge in [0.05, 0.1) is 5.71 Å². The van der Waals surface area contributed by atoms with E-state index in [1.807, 2.05) is 4.90 Å². The number of fused-ring (bicyclic) bond motifs is 1. The monoisotopic (exact) mass is 348 g/mol. The Morgan fingerprint density at radius 3 is 2.42 bits per heavy atom. The molecular formula is C21H24N4O. The average molecular weight is 348 g/mol. The summed E-state index contributed by atoms with van der Waals surface area (Å²) in [5.41, 5.74) is 9.13. The number of rotatable bonds is 2. The molecule has 1 N–H and O–H groups in total. The molecule has 0 radical (unpaired) electrons. The number of aryl methyl sites for hydroxylation is 1. The lowest BCUT2D eigenvalue weighted by Gasteiger charge is -2.40. The Kier molecular flexibility index (Phi) is 4.47. The van der Waals surface area contributed by atoms with Gasteiger partial charge in [-0.1, -0.05) is 54.1 Å². The zero-order valence-corrected chi connectivity index (χ0v) is 15.3. The molecule has 0 aromatic heterocycles. The minimum atomic E-state index is 0.0505. The largest absolute Gasteiger partial charge is 0.340 e. The lowest BCUT2D eigenvalue weighted by molar-refractivity contribution is -0.131. The van der Waals surface area contributed by atoms with E-state index in [0.717, 1.165) is 37.5 Å². The third-order valence-corrected chi connectivity index (χ3v) is 5.26. The zero-order chi connectivity index (χ0) is 18.1. The Bertz CT molecular complexity index is 835. The molecule has 0 aliphatic carbocycles. The van der Waals surface area contributed by atoms with Crippen LogP contribution in [0, 0.1) is 6.92 Å². The summed E-state index contributed by atoms with van der Waals surface area (Å²) in [6.07, 6.45) is 0.0505. The fourth-order valence-electron chi connectivity index (χ4n) is 3.71. The molecule has 26 heavy (non-hydrogen) atoms. The van der Waals surface area contributed by atoms with Crippen LogP contribution in [-0.2, 0) is 4.79 Å². The number of nitrogens with one attached hydrogen (secondary N) is 1. The summed E-state index contributed by atoms with van der Waals surface area (Å²) in [6.45, 7) is 6.97. The van der Waals surface area contributed by atoms with E-state index in [2.05, 4.69) is 65.8 Å². The molecule has 1 fully saturated rings. The second-order valence-corrected chi connectivity index (χ2v) is 6.99. The second-order valence-electron chi connectivity index (χ2n) is 6.99. The Morgan fingerprint density at radius 2 is 1.73 bits per heavy atom. The highest BCUT2D eigenvalue weighted by Crippen LogP contribution is 2.29. The first kappa shape index (κ1) is 16.8. The van der Waals surface area contributed by atoms with Gasteiger partial charge in [-0.3, -0.25) is 15.1 Å². The van der Waals surface area contributed by atoms with E-state index in [4.69, 9.17) is 5.10 Å². The van der Waals surface area contributed by atoms with Crippen molar-refractivity contribution >= 4 is 11.6 Å². The molecule has 4 rings (SSSR count). The van der Waals surface area contributed by atoms with Crippen LogP contribution in [0.15, 0.2) is 53.6 Å². The Hall–Kier alpha value is -2.66. The first-order chi connectivity index (χ1) is 12.6. The van der Waals surface area contributed by atoms with Gasteiger partial charge in [-0.15, -0.1) is 0 Å². The number of benzene rings is 2. The first-order valence-electron chi connectivity index (χ1n) is 9.12. The third-order valence-electron chi connectivity index (χ3n) is 5.26. The van der Waals surface area contributed by atoms with Crippen LogP contribution in [0.4, 0.5) is 0 Å². The van der Waals surface area contributed by atoms with Gasteiger partial charge >= 0.3 is 0 Å². The number of hydrazone groups is 1. The topological polar surface area (TPSA) is 47.9 Å². The van der Waals surface area contributed by atoms with Gasteiger partial charge in [0.2, 0.25) is 5.91 Å². The van der Waals surface area contributed by atoms with E-state index in [0.29, 0.717) is 0 Å². The number of carbonyl (C=O) groups excluding carboxylic acids is 1. The van der Waals surface area contributed by atoms with Crippen LogP contribution in [-0.4, -0.2) is 47.6 Å². The summed E-state index contributed by atoms with van der Waals surface area (Å²) in [5.74, 6) is 0.154. The molecule has 0 bridgehead atoms. The van der Waals surface area contributed by atoms with Gasteiger partial charge in [-0.25, -0.2) is 0 Å². The quantitative estimate of drug-likeness (QED) is 0.907. The molecule has 1 atom stereocenters. The van der Waals surface area contributed by atoms with Gasteiger partial charge < -0.3 is 4.90 Å². The van der Waals surface area contributed by atoms with E-state index in [-0.39, 0.29) is 12.1 Å². The molecule has 134 valence electrons. The molecule has 1 unspecified atom stereocenters. The minimum absolute atomic E-state index is 0.0505. The van der Waals surface area contributed by atoms with Gasteiger partial charge in [0.1, 0.15) is 6.17 Å². The summed E-state index contributed by atoms with van der Waals surface area (Å²) in [6, 6.07) is 17.0. The first-order valence-corrected chi connectivity index (χ1v) is 9.12. The molecule has 2 aromatic carbocycles. The third kappa shape index (κ3) is 3.10. The molecule has 5 nitrogen and oxygen atoms in total. The maximum Gasteiger partial charge on any atom is 0.219 e. The number of hydrogen-bond donors (Lipinski definition) is 1. The highest BCUT2D eigenvalue weighted by Gasteiger charge is 2.30. The van der Waals surface area contributed by atoms with Crippen LogP contribution in [0.5, 0.6) is 0 Å². The van der Waals surface area contributed by atoms with Crippen molar-refractivity contribution in [1.82, 2.24) is 15.2 Å². The maximum absolute atomic E-state index is 11.6. The Morgan fingerprint density at radius 1 is 1.04 bits per heavy atom.